The number of nitrogens with one attached hydrogen (secondary N) is 2. The number of rotatable bonds is 5. The predicted molar refractivity (Wildman–Crippen MR) is 104 cm³/mol. The summed E-state index contributed by atoms with van der Waals surface area (Å²) in [6, 6.07) is 2.10. The molecule has 0 fully saturated rings. The largest absolute Gasteiger partial charge is 0.354 e. The fraction of sp³-hybridized carbons (Fsp3) is 0.368. The molecule has 0 saturated heterocycles. The van der Waals surface area contributed by atoms with Gasteiger partial charge in [-0.25, -0.2) is 15.0 Å². The maximum atomic E-state index is 4.55. The summed E-state index contributed by atoms with van der Waals surface area (Å²) in [5, 5.41) is 4.24. The van der Waals surface area contributed by atoms with E-state index in [1.807, 2.05) is 39.4 Å². The van der Waals surface area contributed by atoms with Crippen LogP contribution in [0.15, 0.2) is 29.6 Å². The molecule has 6 heteroatoms. The summed E-state index contributed by atoms with van der Waals surface area (Å²) >= 11 is 0. The summed E-state index contributed by atoms with van der Waals surface area (Å²) < 4.78 is 0. The lowest BCUT2D eigenvalue weighted by Crippen LogP contribution is -2.10. The van der Waals surface area contributed by atoms with Gasteiger partial charge in [-0.3, -0.25) is 0 Å². The minimum Gasteiger partial charge on any atom is -0.354 e. The highest BCUT2D eigenvalue weighted by Gasteiger charge is 2.11. The van der Waals surface area contributed by atoms with Gasteiger partial charge >= 0.3 is 0 Å². The van der Waals surface area contributed by atoms with E-state index in [0.717, 1.165) is 45.8 Å². The number of H-pyrrole nitrogens is 1. The van der Waals surface area contributed by atoms with E-state index in [1.165, 1.54) is 0 Å². The summed E-state index contributed by atoms with van der Waals surface area (Å²) in [7, 11) is 0. The van der Waals surface area contributed by atoms with E-state index in [9.17, 15) is 0 Å². The molecule has 6 nitrogen and oxygen atoms in total. The molecule has 0 unspecified atom stereocenters. The second-order valence-electron chi connectivity index (χ2n) is 6.86. The molecule has 0 atom stereocenters. The number of hydrogen-bond donors (Lipinski definition) is 2. The van der Waals surface area contributed by atoms with Crippen LogP contribution in [0.4, 0.5) is 11.8 Å². The standard InChI is InChI=1S/C19H24N6/c1-11(2)7-22-19-23-10-16-15(9-21-18(16)25-19)14-6-13(5)17(20-8-14)24-12(3)4/h6,8-11H,7H2,1-5H3,(H2,21,22,23,25). The molecule has 130 valence electrons. The van der Waals surface area contributed by atoms with Gasteiger partial charge in [-0.15, -0.1) is 0 Å². The van der Waals surface area contributed by atoms with Crippen LogP contribution in [0.5, 0.6) is 0 Å². The Balaban J connectivity index is 1.94. The SMILES string of the molecule is CC(C)=Nc1ncc(-c2c[nH]c3nc(NCC(C)C)ncc23)cc1C. The first-order chi connectivity index (χ1) is 11.9. The molecule has 0 aliphatic rings. The van der Waals surface area contributed by atoms with Crippen LogP contribution in [0.3, 0.4) is 0 Å². The summed E-state index contributed by atoms with van der Waals surface area (Å²) in [5.41, 5.74) is 4.93. The minimum atomic E-state index is 0.542. The summed E-state index contributed by atoms with van der Waals surface area (Å²) in [5.74, 6) is 1.95. The molecular weight excluding hydrogens is 312 g/mol. The molecule has 0 spiro atoms. The number of pyridine rings is 1. The zero-order chi connectivity index (χ0) is 18.0. The Labute approximate surface area is 147 Å². The van der Waals surface area contributed by atoms with Crippen LogP contribution in [0.1, 0.15) is 33.3 Å². The van der Waals surface area contributed by atoms with Gasteiger partial charge in [-0.1, -0.05) is 13.8 Å². The molecular formula is C19H24N6. The maximum absolute atomic E-state index is 4.55. The molecule has 0 saturated carbocycles. The van der Waals surface area contributed by atoms with Crippen molar-refractivity contribution in [3.8, 4) is 11.1 Å². The molecule has 0 aliphatic heterocycles. The molecule has 0 amide bonds. The maximum Gasteiger partial charge on any atom is 0.224 e. The smallest absolute Gasteiger partial charge is 0.224 e. The first-order valence-electron chi connectivity index (χ1n) is 8.51. The predicted octanol–water partition coefficient (Wildman–Crippen LogP) is 4.51. The van der Waals surface area contributed by atoms with E-state index in [4.69, 9.17) is 0 Å². The van der Waals surface area contributed by atoms with Gasteiger partial charge in [0.05, 0.1) is 0 Å². The van der Waals surface area contributed by atoms with Gasteiger partial charge in [0.1, 0.15) is 5.65 Å². The molecule has 0 aromatic carbocycles. The number of fused-ring (bicyclic) bond motifs is 1. The van der Waals surface area contributed by atoms with Crippen LogP contribution in [-0.2, 0) is 0 Å². The molecule has 2 N–H and O–H groups in total. The van der Waals surface area contributed by atoms with E-state index in [0.29, 0.717) is 11.9 Å². The number of aromatic nitrogens is 4. The van der Waals surface area contributed by atoms with Crippen molar-refractivity contribution in [2.24, 2.45) is 10.9 Å². The summed E-state index contributed by atoms with van der Waals surface area (Å²) in [6.45, 7) is 11.1. The van der Waals surface area contributed by atoms with E-state index in [2.05, 4.69) is 50.2 Å². The van der Waals surface area contributed by atoms with Crippen molar-refractivity contribution in [1.29, 1.82) is 0 Å². The van der Waals surface area contributed by atoms with Crippen molar-refractivity contribution >= 4 is 28.5 Å². The molecule has 3 heterocycles. The highest BCUT2D eigenvalue weighted by molar-refractivity contribution is 5.93. The van der Waals surface area contributed by atoms with E-state index >= 15 is 0 Å². The Morgan fingerprint density at radius 3 is 2.72 bits per heavy atom. The first-order valence-corrected chi connectivity index (χ1v) is 8.51. The number of anilines is 1. The second kappa shape index (κ2) is 7.01. The van der Waals surface area contributed by atoms with Gasteiger partial charge < -0.3 is 10.3 Å². The van der Waals surface area contributed by atoms with Crippen LogP contribution < -0.4 is 5.32 Å². The highest BCUT2D eigenvalue weighted by atomic mass is 15.1. The zero-order valence-electron chi connectivity index (χ0n) is 15.4. The number of aryl methyl sites for hydroxylation is 1. The van der Waals surface area contributed by atoms with Crippen LogP contribution in [0, 0.1) is 12.8 Å². The van der Waals surface area contributed by atoms with E-state index in [-0.39, 0.29) is 0 Å². The van der Waals surface area contributed by atoms with Gasteiger partial charge in [0.15, 0.2) is 5.82 Å². The van der Waals surface area contributed by atoms with Gasteiger partial charge in [-0.05, 0) is 38.3 Å². The van der Waals surface area contributed by atoms with Crippen molar-refractivity contribution in [2.45, 2.75) is 34.6 Å². The lowest BCUT2D eigenvalue weighted by Gasteiger charge is -2.07. The molecule has 0 bridgehead atoms. The Bertz CT molecular complexity index is 919. The quantitative estimate of drug-likeness (QED) is 0.672. The average molecular weight is 336 g/mol. The van der Waals surface area contributed by atoms with Crippen molar-refractivity contribution in [3.05, 3.63) is 30.2 Å². The fourth-order valence-electron chi connectivity index (χ4n) is 2.57. The molecule has 3 aromatic heterocycles. The second-order valence-corrected chi connectivity index (χ2v) is 6.86. The van der Waals surface area contributed by atoms with E-state index < -0.39 is 0 Å². The Morgan fingerprint density at radius 2 is 2.04 bits per heavy atom. The van der Waals surface area contributed by atoms with Crippen molar-refractivity contribution in [2.75, 3.05) is 11.9 Å². The Kier molecular flexibility index (Phi) is 4.79. The van der Waals surface area contributed by atoms with Crippen LogP contribution in [-0.4, -0.2) is 32.2 Å². The van der Waals surface area contributed by atoms with Crippen molar-refractivity contribution in [1.82, 2.24) is 19.9 Å². The van der Waals surface area contributed by atoms with Gasteiger partial charge in [0.2, 0.25) is 5.95 Å². The molecule has 0 radical (unpaired) electrons. The number of aromatic amines is 1. The fourth-order valence-corrected chi connectivity index (χ4v) is 2.57. The number of nitrogens with zero attached hydrogens (tertiary/aromatic N) is 4. The normalized spacial score (nSPS) is 11.1. The minimum absolute atomic E-state index is 0.542. The van der Waals surface area contributed by atoms with Crippen LogP contribution >= 0.6 is 0 Å². The highest BCUT2D eigenvalue weighted by Crippen LogP contribution is 2.30. The lowest BCUT2D eigenvalue weighted by atomic mass is 10.1. The Hall–Kier alpha value is -2.76. The third kappa shape index (κ3) is 3.84. The van der Waals surface area contributed by atoms with Gasteiger partial charge in [0.25, 0.3) is 0 Å². The average Bonchev–Trinajstić information content (AvgIpc) is 2.97. The third-order valence-electron chi connectivity index (χ3n) is 3.79. The molecule has 0 aliphatic carbocycles. The van der Waals surface area contributed by atoms with E-state index in [1.54, 1.807) is 0 Å². The Morgan fingerprint density at radius 1 is 1.24 bits per heavy atom. The van der Waals surface area contributed by atoms with Crippen molar-refractivity contribution in [3.63, 3.8) is 0 Å². The lowest BCUT2D eigenvalue weighted by molar-refractivity contribution is 0.685. The number of aliphatic imine (C=N–C) groups is 1. The summed E-state index contributed by atoms with van der Waals surface area (Å²) in [6.07, 6.45) is 5.66. The topological polar surface area (TPSA) is 78.8 Å². The molecule has 3 aromatic rings. The van der Waals surface area contributed by atoms with Crippen LogP contribution in [0.25, 0.3) is 22.2 Å². The van der Waals surface area contributed by atoms with Crippen molar-refractivity contribution < 1.29 is 0 Å². The zero-order valence-corrected chi connectivity index (χ0v) is 15.4. The summed E-state index contributed by atoms with van der Waals surface area (Å²) in [4.78, 5) is 21.2. The molecule has 25 heavy (non-hydrogen) atoms. The monoisotopic (exact) mass is 336 g/mol. The first kappa shape index (κ1) is 17.1. The third-order valence-corrected chi connectivity index (χ3v) is 3.79. The number of hydrogen-bond acceptors (Lipinski definition) is 5. The van der Waals surface area contributed by atoms with Crippen LogP contribution in [0.2, 0.25) is 0 Å². The van der Waals surface area contributed by atoms with Gasteiger partial charge in [0, 0.05) is 47.4 Å². The molecule has 3 rings (SSSR count). The van der Waals surface area contributed by atoms with Gasteiger partial charge in [-0.2, -0.15) is 4.98 Å².